The van der Waals surface area contributed by atoms with E-state index >= 15 is 0 Å². The molecule has 1 aliphatic rings. The maximum Gasteiger partial charge on any atom is 0.417 e. The number of ether oxygens (including phenoxy) is 1. The van der Waals surface area contributed by atoms with Crippen molar-refractivity contribution in [3.05, 3.63) is 65.7 Å². The molecule has 0 radical (unpaired) electrons. The zero-order valence-corrected chi connectivity index (χ0v) is 19.8. The zero-order chi connectivity index (χ0) is 25.8. The number of benzene rings is 2. The molecule has 186 valence electrons. The van der Waals surface area contributed by atoms with Gasteiger partial charge in [-0.25, -0.2) is 22.9 Å². The maximum atomic E-state index is 12.9. The SMILES string of the molecule is Cc1ccc(S(=O)(=O)N[C@@H](C)C(=O)N2C(=O)OCC2C(=O)N[C@@H](Cc2ccccc2)C(=O)O)cc1. The van der Waals surface area contributed by atoms with E-state index in [9.17, 15) is 32.7 Å². The molecule has 0 aromatic heterocycles. The minimum atomic E-state index is -4.10. The molecule has 3 amide bonds. The first-order valence-corrected chi connectivity index (χ1v) is 12.1. The number of cyclic esters (lactones) is 1. The van der Waals surface area contributed by atoms with E-state index in [0.29, 0.717) is 10.5 Å². The topological polar surface area (TPSA) is 159 Å². The normalized spacial score (nSPS) is 17.4. The Hall–Kier alpha value is -3.77. The highest BCUT2D eigenvalue weighted by Gasteiger charge is 2.45. The van der Waals surface area contributed by atoms with E-state index in [1.807, 2.05) is 0 Å². The number of imide groups is 1. The maximum absolute atomic E-state index is 12.9. The molecular weight excluding hydrogens is 478 g/mol. The molecule has 35 heavy (non-hydrogen) atoms. The summed E-state index contributed by atoms with van der Waals surface area (Å²) < 4.78 is 32.3. The van der Waals surface area contributed by atoms with Crippen molar-refractivity contribution < 1.29 is 37.4 Å². The molecule has 12 heteroatoms. The number of rotatable bonds is 9. The van der Waals surface area contributed by atoms with Gasteiger partial charge in [-0.05, 0) is 31.5 Å². The average molecular weight is 504 g/mol. The van der Waals surface area contributed by atoms with Gasteiger partial charge in [-0.2, -0.15) is 4.72 Å². The minimum Gasteiger partial charge on any atom is -0.480 e. The van der Waals surface area contributed by atoms with Crippen LogP contribution in [0.2, 0.25) is 0 Å². The summed E-state index contributed by atoms with van der Waals surface area (Å²) >= 11 is 0. The Morgan fingerprint density at radius 1 is 1.11 bits per heavy atom. The number of carbonyl (C=O) groups is 4. The Bertz CT molecular complexity index is 1220. The second-order valence-corrected chi connectivity index (χ2v) is 9.76. The molecule has 3 N–H and O–H groups in total. The molecule has 1 fully saturated rings. The van der Waals surface area contributed by atoms with Gasteiger partial charge in [0.15, 0.2) is 6.04 Å². The predicted octanol–water partition coefficient (Wildman–Crippen LogP) is 0.821. The standard InChI is InChI=1S/C23H25N3O8S/c1-14-8-10-17(11-9-14)35(32,33)25-15(2)21(28)26-19(13-34-23(26)31)20(27)24-18(22(29)30)12-16-6-4-3-5-7-16/h3-11,15,18-19,25H,12-13H2,1-2H3,(H,24,27)(H,29,30)/t15-,18-,19?/m0/s1. The van der Waals surface area contributed by atoms with Crippen LogP contribution in [0.5, 0.6) is 0 Å². The smallest absolute Gasteiger partial charge is 0.417 e. The van der Waals surface area contributed by atoms with Crippen molar-refractivity contribution in [2.45, 2.75) is 43.3 Å². The lowest BCUT2D eigenvalue weighted by Crippen LogP contribution is -2.56. The van der Waals surface area contributed by atoms with Gasteiger partial charge in [0.25, 0.3) is 5.91 Å². The molecule has 3 rings (SSSR count). The number of nitrogens with one attached hydrogen (secondary N) is 2. The molecule has 0 saturated carbocycles. The highest BCUT2D eigenvalue weighted by atomic mass is 32.2. The summed E-state index contributed by atoms with van der Waals surface area (Å²) in [6, 6.07) is 10.3. The van der Waals surface area contributed by atoms with Gasteiger partial charge in [0.05, 0.1) is 10.9 Å². The number of hydrogen-bond acceptors (Lipinski definition) is 7. The first kappa shape index (κ1) is 25.8. The van der Waals surface area contributed by atoms with Crippen molar-refractivity contribution in [2.24, 2.45) is 0 Å². The number of amides is 3. The number of sulfonamides is 1. The number of nitrogens with zero attached hydrogens (tertiary/aromatic N) is 1. The van der Waals surface area contributed by atoms with Crippen molar-refractivity contribution in [3.8, 4) is 0 Å². The van der Waals surface area contributed by atoms with Gasteiger partial charge in [-0.1, -0.05) is 48.0 Å². The van der Waals surface area contributed by atoms with Gasteiger partial charge < -0.3 is 15.2 Å². The number of hydrogen-bond donors (Lipinski definition) is 3. The number of carbonyl (C=O) groups excluding carboxylic acids is 3. The van der Waals surface area contributed by atoms with Gasteiger partial charge in [-0.3, -0.25) is 9.59 Å². The average Bonchev–Trinajstić information content (AvgIpc) is 3.20. The van der Waals surface area contributed by atoms with Crippen molar-refractivity contribution in [3.63, 3.8) is 0 Å². The second-order valence-electron chi connectivity index (χ2n) is 8.05. The van der Waals surface area contributed by atoms with Crippen molar-refractivity contribution >= 4 is 33.9 Å². The van der Waals surface area contributed by atoms with Crippen LogP contribution in [0.25, 0.3) is 0 Å². The third-order valence-electron chi connectivity index (χ3n) is 5.34. The van der Waals surface area contributed by atoms with Gasteiger partial charge in [-0.15, -0.1) is 0 Å². The third-order valence-corrected chi connectivity index (χ3v) is 6.90. The van der Waals surface area contributed by atoms with Crippen molar-refractivity contribution in [1.82, 2.24) is 14.9 Å². The molecule has 1 unspecified atom stereocenters. The summed E-state index contributed by atoms with van der Waals surface area (Å²) in [5, 5.41) is 11.9. The first-order chi connectivity index (χ1) is 16.5. The van der Waals surface area contributed by atoms with E-state index in [1.165, 1.54) is 19.1 Å². The summed E-state index contributed by atoms with van der Waals surface area (Å²) in [7, 11) is -4.10. The van der Waals surface area contributed by atoms with Gasteiger partial charge in [0, 0.05) is 6.42 Å². The molecule has 0 aliphatic carbocycles. The summed E-state index contributed by atoms with van der Waals surface area (Å²) in [6.07, 6.45) is -1.16. The number of carboxylic acids is 1. The second kappa shape index (κ2) is 10.7. The molecule has 11 nitrogen and oxygen atoms in total. The highest BCUT2D eigenvalue weighted by molar-refractivity contribution is 7.89. The zero-order valence-electron chi connectivity index (χ0n) is 19.0. The van der Waals surface area contributed by atoms with E-state index in [0.717, 1.165) is 5.56 Å². The van der Waals surface area contributed by atoms with Gasteiger partial charge in [0.1, 0.15) is 12.6 Å². The van der Waals surface area contributed by atoms with Gasteiger partial charge in [0.2, 0.25) is 15.9 Å². The van der Waals surface area contributed by atoms with Gasteiger partial charge >= 0.3 is 12.1 Å². The van der Waals surface area contributed by atoms with Crippen LogP contribution in [-0.4, -0.2) is 67.0 Å². The number of aliphatic carboxylic acids is 1. The third kappa shape index (κ3) is 6.22. The molecule has 0 spiro atoms. The monoisotopic (exact) mass is 503 g/mol. The highest BCUT2D eigenvalue weighted by Crippen LogP contribution is 2.17. The lowest BCUT2D eigenvalue weighted by molar-refractivity contribution is -0.143. The van der Waals surface area contributed by atoms with E-state index in [4.69, 9.17) is 4.74 Å². The lowest BCUT2D eigenvalue weighted by atomic mass is 10.1. The lowest BCUT2D eigenvalue weighted by Gasteiger charge is -2.24. The molecule has 1 heterocycles. The van der Waals surface area contributed by atoms with Crippen molar-refractivity contribution in [1.29, 1.82) is 0 Å². The Kier molecular flexibility index (Phi) is 7.87. The summed E-state index contributed by atoms with van der Waals surface area (Å²) in [4.78, 5) is 50.1. The van der Waals surface area contributed by atoms with Crippen LogP contribution in [0.4, 0.5) is 4.79 Å². The van der Waals surface area contributed by atoms with E-state index < -0.39 is 58.6 Å². The number of aryl methyl sites for hydroxylation is 1. The Morgan fingerprint density at radius 2 is 1.74 bits per heavy atom. The molecule has 2 aromatic carbocycles. The fraction of sp³-hybridized carbons (Fsp3) is 0.304. The van der Waals surface area contributed by atoms with Crippen LogP contribution in [0.15, 0.2) is 59.5 Å². The predicted molar refractivity (Wildman–Crippen MR) is 123 cm³/mol. The Labute approximate surface area is 202 Å². The van der Waals surface area contributed by atoms with Crippen LogP contribution in [0.3, 0.4) is 0 Å². The van der Waals surface area contributed by atoms with Crippen LogP contribution < -0.4 is 10.0 Å². The summed E-state index contributed by atoms with van der Waals surface area (Å²) in [5.74, 6) is -3.23. The molecule has 1 saturated heterocycles. The van der Waals surface area contributed by atoms with E-state index in [2.05, 4.69) is 10.0 Å². The van der Waals surface area contributed by atoms with Crippen LogP contribution >= 0.6 is 0 Å². The molecular formula is C23H25N3O8S. The number of carboxylic acid groups (broad SMARTS) is 1. The minimum absolute atomic E-state index is 0.0237. The van der Waals surface area contributed by atoms with Crippen LogP contribution in [0, 0.1) is 6.92 Å². The fourth-order valence-electron chi connectivity index (χ4n) is 3.45. The summed E-state index contributed by atoms with van der Waals surface area (Å²) in [5.41, 5.74) is 1.50. The summed E-state index contributed by atoms with van der Waals surface area (Å²) in [6.45, 7) is 2.52. The molecule has 2 aromatic rings. The molecule has 1 aliphatic heterocycles. The molecule has 3 atom stereocenters. The van der Waals surface area contributed by atoms with E-state index in [1.54, 1.807) is 49.4 Å². The van der Waals surface area contributed by atoms with Crippen LogP contribution in [0.1, 0.15) is 18.1 Å². The van der Waals surface area contributed by atoms with Crippen LogP contribution in [-0.2, 0) is 35.6 Å². The fourth-order valence-corrected chi connectivity index (χ4v) is 4.65. The van der Waals surface area contributed by atoms with Crippen molar-refractivity contribution in [2.75, 3.05) is 6.61 Å². The molecule has 0 bridgehead atoms. The van der Waals surface area contributed by atoms with E-state index in [-0.39, 0.29) is 11.3 Å². The Morgan fingerprint density at radius 3 is 2.34 bits per heavy atom. The Balaban J connectivity index is 1.72. The quantitative estimate of drug-likeness (QED) is 0.454. The largest absolute Gasteiger partial charge is 0.480 e. The first-order valence-electron chi connectivity index (χ1n) is 10.7.